The number of hydrogen-bond acceptors (Lipinski definition) is 2. The van der Waals surface area contributed by atoms with Crippen LogP contribution >= 0.6 is 7.59 Å². The van der Waals surface area contributed by atoms with Crippen molar-refractivity contribution in [3.8, 4) is 0 Å². The van der Waals surface area contributed by atoms with E-state index in [-0.39, 0.29) is 6.04 Å². The molecule has 0 aliphatic heterocycles. The third kappa shape index (κ3) is 2.63. The van der Waals surface area contributed by atoms with E-state index in [0.29, 0.717) is 0 Å². The van der Waals surface area contributed by atoms with Gasteiger partial charge in [0.1, 0.15) is 0 Å². The molecule has 1 unspecified atom stereocenters. The minimum Gasteiger partial charge on any atom is -0.303 e. The minimum absolute atomic E-state index is 0.254. The minimum atomic E-state index is -2.85. The van der Waals surface area contributed by atoms with E-state index in [1.165, 1.54) is 5.56 Å². The quantitative estimate of drug-likeness (QED) is 0.790. The Morgan fingerprint density at radius 2 is 1.55 bits per heavy atom. The Bertz CT molecular complexity index is 693. The molecule has 0 fully saturated rings. The lowest BCUT2D eigenvalue weighted by molar-refractivity contribution is 0.322. The highest BCUT2D eigenvalue weighted by Crippen LogP contribution is 2.53. The van der Waals surface area contributed by atoms with Crippen molar-refractivity contribution in [3.63, 3.8) is 0 Å². The standard InChI is InChI=1S/C16H27N4OP/c1-13(17(2)3)15-12-20(16-11-9-8-10-14(15)16)22(21,18(4)5)19(6)7/h8-13H,1-7H3. The van der Waals surface area contributed by atoms with Crippen LogP contribution in [0, 0.1) is 0 Å². The zero-order chi connectivity index (χ0) is 16.7. The van der Waals surface area contributed by atoms with Gasteiger partial charge in [-0.2, -0.15) is 0 Å². The molecule has 5 nitrogen and oxygen atoms in total. The smallest absolute Gasteiger partial charge is 0.303 e. The monoisotopic (exact) mass is 322 g/mol. The highest BCUT2D eigenvalue weighted by Gasteiger charge is 2.33. The van der Waals surface area contributed by atoms with Gasteiger partial charge in [-0.05, 0) is 60.8 Å². The zero-order valence-corrected chi connectivity index (χ0v) is 15.5. The van der Waals surface area contributed by atoms with Gasteiger partial charge in [0.25, 0.3) is 0 Å². The molecule has 0 aliphatic carbocycles. The molecular weight excluding hydrogens is 295 g/mol. The maximum atomic E-state index is 13.6. The van der Waals surface area contributed by atoms with Crippen LogP contribution in [0.5, 0.6) is 0 Å². The van der Waals surface area contributed by atoms with Gasteiger partial charge in [-0.3, -0.25) is 8.90 Å². The molecule has 122 valence electrons. The number of fused-ring (bicyclic) bond motifs is 1. The Balaban J connectivity index is 2.78. The van der Waals surface area contributed by atoms with Crippen LogP contribution < -0.4 is 0 Å². The molecule has 0 N–H and O–H groups in total. The van der Waals surface area contributed by atoms with E-state index in [4.69, 9.17) is 0 Å². The van der Waals surface area contributed by atoms with Gasteiger partial charge in [-0.25, -0.2) is 9.34 Å². The Morgan fingerprint density at radius 3 is 2.05 bits per heavy atom. The number of nitrogens with zero attached hydrogens (tertiary/aromatic N) is 4. The van der Waals surface area contributed by atoms with Crippen LogP contribution in [0.1, 0.15) is 18.5 Å². The van der Waals surface area contributed by atoms with E-state index >= 15 is 0 Å². The number of rotatable bonds is 5. The van der Waals surface area contributed by atoms with Crippen molar-refractivity contribution in [3.05, 3.63) is 36.0 Å². The first kappa shape index (κ1) is 17.2. The molecule has 0 amide bonds. The molecule has 0 saturated heterocycles. The fourth-order valence-corrected chi connectivity index (χ4v) is 4.97. The average Bonchev–Trinajstić information content (AvgIpc) is 2.84. The van der Waals surface area contributed by atoms with Crippen LogP contribution in [0.4, 0.5) is 0 Å². The summed E-state index contributed by atoms with van der Waals surface area (Å²) < 4.78 is 19.2. The van der Waals surface area contributed by atoms with Gasteiger partial charge in [-0.15, -0.1) is 0 Å². The predicted molar refractivity (Wildman–Crippen MR) is 94.4 cm³/mol. The first-order valence-corrected chi connectivity index (χ1v) is 9.00. The lowest BCUT2D eigenvalue weighted by atomic mass is 10.1. The van der Waals surface area contributed by atoms with Crippen LogP contribution in [-0.4, -0.2) is 60.9 Å². The highest BCUT2D eigenvalue weighted by atomic mass is 31.2. The number of para-hydroxylation sites is 1. The fraction of sp³-hybridized carbons (Fsp3) is 0.500. The summed E-state index contributed by atoms with van der Waals surface area (Å²) in [5.74, 6) is 0. The molecule has 6 heteroatoms. The molecule has 0 saturated carbocycles. The summed E-state index contributed by atoms with van der Waals surface area (Å²) in [5, 5.41) is 1.16. The highest BCUT2D eigenvalue weighted by molar-refractivity contribution is 7.57. The fourth-order valence-electron chi connectivity index (χ4n) is 2.76. The Kier molecular flexibility index (Phi) is 4.83. The van der Waals surface area contributed by atoms with Gasteiger partial charge in [0.05, 0.1) is 5.52 Å². The molecule has 2 rings (SSSR count). The second kappa shape index (κ2) is 6.17. The lowest BCUT2D eigenvalue weighted by Gasteiger charge is -2.31. The number of aromatic nitrogens is 1. The third-order valence-corrected chi connectivity index (χ3v) is 7.25. The van der Waals surface area contributed by atoms with Crippen molar-refractivity contribution in [2.24, 2.45) is 0 Å². The first-order valence-electron chi connectivity index (χ1n) is 7.44. The average molecular weight is 322 g/mol. The van der Waals surface area contributed by atoms with Crippen molar-refractivity contribution >= 4 is 18.5 Å². The molecule has 1 heterocycles. The topological polar surface area (TPSA) is 31.7 Å². The second-order valence-corrected chi connectivity index (χ2v) is 9.35. The largest absolute Gasteiger partial charge is 0.314 e. The normalized spacial score (nSPS) is 14.5. The van der Waals surface area contributed by atoms with E-state index in [9.17, 15) is 4.57 Å². The predicted octanol–water partition coefficient (Wildman–Crippen LogP) is 3.34. The Labute approximate surface area is 133 Å². The second-order valence-electron chi connectivity index (χ2n) is 6.29. The summed E-state index contributed by atoms with van der Waals surface area (Å²) in [6.07, 6.45) is 2.05. The van der Waals surface area contributed by atoms with E-state index in [1.807, 2.05) is 60.1 Å². The molecule has 2 aromatic rings. The summed E-state index contributed by atoms with van der Waals surface area (Å²) >= 11 is 0. The summed E-state index contributed by atoms with van der Waals surface area (Å²) in [6.45, 7) is 2.17. The molecule has 1 aromatic heterocycles. The molecule has 0 radical (unpaired) electrons. The van der Waals surface area contributed by atoms with Crippen molar-refractivity contribution < 1.29 is 4.57 Å². The van der Waals surface area contributed by atoms with Gasteiger partial charge >= 0.3 is 7.59 Å². The third-order valence-electron chi connectivity index (χ3n) is 4.27. The summed E-state index contributed by atoms with van der Waals surface area (Å²) in [4.78, 5) is 2.17. The molecule has 0 aliphatic rings. The van der Waals surface area contributed by atoms with Gasteiger partial charge in [-0.1, -0.05) is 18.2 Å². The van der Waals surface area contributed by atoms with Crippen molar-refractivity contribution in [2.75, 3.05) is 42.3 Å². The molecule has 22 heavy (non-hydrogen) atoms. The van der Waals surface area contributed by atoms with E-state index in [1.54, 1.807) is 0 Å². The van der Waals surface area contributed by atoms with Crippen LogP contribution in [0.15, 0.2) is 30.5 Å². The van der Waals surface area contributed by atoms with E-state index in [0.717, 1.165) is 10.9 Å². The van der Waals surface area contributed by atoms with Crippen molar-refractivity contribution in [2.45, 2.75) is 13.0 Å². The van der Waals surface area contributed by atoms with Crippen LogP contribution in [0.2, 0.25) is 0 Å². The molecule has 0 bridgehead atoms. The van der Waals surface area contributed by atoms with Gasteiger partial charge in [0, 0.05) is 17.6 Å². The zero-order valence-electron chi connectivity index (χ0n) is 14.6. The van der Waals surface area contributed by atoms with Crippen molar-refractivity contribution in [1.82, 2.24) is 18.6 Å². The first-order chi connectivity index (χ1) is 10.2. The summed E-state index contributed by atoms with van der Waals surface area (Å²) in [6, 6.07) is 8.44. The van der Waals surface area contributed by atoms with Crippen molar-refractivity contribution in [1.29, 1.82) is 0 Å². The van der Waals surface area contributed by atoms with Gasteiger partial charge in [0.2, 0.25) is 0 Å². The van der Waals surface area contributed by atoms with Crippen LogP contribution in [-0.2, 0) is 4.57 Å². The molecule has 0 spiro atoms. The molecular formula is C16H27N4OP. The maximum Gasteiger partial charge on any atom is 0.314 e. The van der Waals surface area contributed by atoms with E-state index < -0.39 is 7.59 Å². The number of hydrogen-bond donors (Lipinski definition) is 0. The van der Waals surface area contributed by atoms with E-state index in [2.05, 4.69) is 38.2 Å². The molecule has 1 atom stereocenters. The Morgan fingerprint density at radius 1 is 1.00 bits per heavy atom. The maximum absolute atomic E-state index is 13.6. The SMILES string of the molecule is CC(c1cn(P(=O)(N(C)C)N(C)C)c2ccccc12)N(C)C. The van der Waals surface area contributed by atoms with Crippen LogP contribution in [0.25, 0.3) is 10.9 Å². The molecule has 1 aromatic carbocycles. The summed E-state index contributed by atoms with van der Waals surface area (Å²) in [7, 11) is 8.74. The number of benzene rings is 1. The summed E-state index contributed by atoms with van der Waals surface area (Å²) in [5.41, 5.74) is 2.21. The van der Waals surface area contributed by atoms with Crippen LogP contribution in [0.3, 0.4) is 0 Å². The van der Waals surface area contributed by atoms with Gasteiger partial charge in [0.15, 0.2) is 0 Å². The van der Waals surface area contributed by atoms with Gasteiger partial charge < -0.3 is 4.90 Å². The Hall–Kier alpha value is -1.13. The lowest BCUT2D eigenvalue weighted by Crippen LogP contribution is -2.25.